The van der Waals surface area contributed by atoms with Gasteiger partial charge in [0, 0.05) is 41.4 Å². The van der Waals surface area contributed by atoms with Gasteiger partial charge in [-0.3, -0.25) is 9.78 Å². The molecule has 1 saturated heterocycles. The van der Waals surface area contributed by atoms with Crippen LogP contribution in [0.4, 0.5) is 11.4 Å². The molecule has 2 atom stereocenters. The molecule has 1 aliphatic heterocycles. The molecule has 2 aromatic carbocycles. The monoisotopic (exact) mass is 555 g/mol. The maximum atomic E-state index is 12.1. The molecule has 0 saturated carbocycles. The summed E-state index contributed by atoms with van der Waals surface area (Å²) in [6.07, 6.45) is 2.18. The zero-order chi connectivity index (χ0) is 28.4. The van der Waals surface area contributed by atoms with Crippen molar-refractivity contribution in [3.63, 3.8) is 0 Å². The Morgan fingerprint density at radius 3 is 2.42 bits per heavy atom. The van der Waals surface area contributed by atoms with Crippen molar-refractivity contribution in [1.29, 1.82) is 0 Å². The second-order valence-corrected chi connectivity index (χ2v) is 10.0. The van der Waals surface area contributed by atoms with E-state index >= 15 is 0 Å². The number of benzene rings is 2. The first-order valence-electron chi connectivity index (χ1n) is 13.2. The average Bonchev–Trinajstić information content (AvgIpc) is 3.48. The zero-order valence-corrected chi connectivity index (χ0v) is 24.1. The lowest BCUT2D eigenvalue weighted by Crippen LogP contribution is -2.29. The lowest BCUT2D eigenvalue weighted by Gasteiger charge is -2.29. The van der Waals surface area contributed by atoms with E-state index in [-0.39, 0.29) is 18.0 Å². The minimum atomic E-state index is -0.193. The number of ether oxygens (including phenoxy) is 2. The number of amides is 1. The highest BCUT2D eigenvalue weighted by atomic mass is 32.1. The Labute approximate surface area is 239 Å². The van der Waals surface area contributed by atoms with Gasteiger partial charge in [0.25, 0.3) is 0 Å². The fraction of sp³-hybridized carbons (Fsp3) is 0.258. The third-order valence-corrected chi connectivity index (χ3v) is 7.59. The Morgan fingerprint density at radius 2 is 1.77 bits per heavy atom. The minimum Gasteiger partial charge on any atom is -0.497 e. The summed E-state index contributed by atoms with van der Waals surface area (Å²) in [5.74, 6) is 1.29. The lowest BCUT2D eigenvalue weighted by atomic mass is 9.96. The van der Waals surface area contributed by atoms with Crippen LogP contribution < -0.4 is 25.0 Å². The summed E-state index contributed by atoms with van der Waals surface area (Å²) in [5.41, 5.74) is 6.74. The number of nitrogens with zero attached hydrogens (tertiary/aromatic N) is 3. The molecule has 1 fully saturated rings. The van der Waals surface area contributed by atoms with Crippen molar-refractivity contribution in [2.45, 2.75) is 39.3 Å². The number of pyridine rings is 1. The summed E-state index contributed by atoms with van der Waals surface area (Å²) in [7, 11) is 3.26. The zero-order valence-electron chi connectivity index (χ0n) is 23.3. The number of nitrogens with one attached hydrogen (secondary N) is 2. The smallest absolute Gasteiger partial charge is 0.224 e. The van der Waals surface area contributed by atoms with Gasteiger partial charge >= 0.3 is 0 Å². The van der Waals surface area contributed by atoms with Crippen molar-refractivity contribution in [3.05, 3.63) is 95.6 Å². The molecule has 5 rings (SSSR count). The van der Waals surface area contributed by atoms with Crippen LogP contribution in [0.15, 0.2) is 72.9 Å². The van der Waals surface area contributed by atoms with Crippen molar-refractivity contribution in [1.82, 2.24) is 14.9 Å². The Balaban J connectivity index is 1.63. The Kier molecular flexibility index (Phi) is 7.75. The Hall–Kier alpha value is -4.37. The molecule has 2 aromatic heterocycles. The number of aromatic nitrogens is 2. The Bertz CT molecular complexity index is 1530. The first kappa shape index (κ1) is 27.2. The van der Waals surface area contributed by atoms with Crippen molar-refractivity contribution < 1.29 is 14.3 Å². The SMILES string of the molecule is CCC(=O)Nc1ccc(N2C(=S)N[C@@H](c3ccccn3)[C@H]2c2cc(C)n(-c3ccc(OC)cc3)c2C)cc1OC. The van der Waals surface area contributed by atoms with E-state index in [1.807, 2.05) is 55.5 Å². The van der Waals surface area contributed by atoms with Gasteiger partial charge in [-0.25, -0.2) is 0 Å². The van der Waals surface area contributed by atoms with Crippen LogP contribution >= 0.6 is 12.2 Å². The van der Waals surface area contributed by atoms with Crippen LogP contribution in [-0.4, -0.2) is 34.8 Å². The number of carbonyl (C=O) groups excluding carboxylic acids is 1. The predicted molar refractivity (Wildman–Crippen MR) is 162 cm³/mol. The molecule has 4 aromatic rings. The summed E-state index contributed by atoms with van der Waals surface area (Å²) in [5, 5.41) is 7.03. The van der Waals surface area contributed by atoms with E-state index in [0.29, 0.717) is 23.0 Å². The highest BCUT2D eigenvalue weighted by Crippen LogP contribution is 2.45. The molecule has 9 heteroatoms. The maximum Gasteiger partial charge on any atom is 0.224 e. The number of thiocarbonyl (C=S) groups is 1. The van der Waals surface area contributed by atoms with Gasteiger partial charge in [-0.05, 0) is 86.2 Å². The first-order valence-corrected chi connectivity index (χ1v) is 13.6. The summed E-state index contributed by atoms with van der Waals surface area (Å²) in [6.45, 7) is 6.05. The van der Waals surface area contributed by atoms with Crippen LogP contribution in [0.5, 0.6) is 11.5 Å². The quantitative estimate of drug-likeness (QED) is 0.257. The van der Waals surface area contributed by atoms with Gasteiger partial charge in [0.2, 0.25) is 5.91 Å². The van der Waals surface area contributed by atoms with E-state index in [0.717, 1.165) is 39.8 Å². The molecule has 2 N–H and O–H groups in total. The number of aryl methyl sites for hydroxylation is 1. The van der Waals surface area contributed by atoms with Gasteiger partial charge in [-0.2, -0.15) is 0 Å². The topological polar surface area (TPSA) is 80.7 Å². The molecule has 0 spiro atoms. The molecule has 0 bridgehead atoms. The third-order valence-electron chi connectivity index (χ3n) is 7.28. The molecule has 206 valence electrons. The van der Waals surface area contributed by atoms with Crippen LogP contribution in [0.2, 0.25) is 0 Å². The fourth-order valence-corrected chi connectivity index (χ4v) is 5.68. The van der Waals surface area contributed by atoms with Crippen LogP contribution in [0.25, 0.3) is 5.69 Å². The van der Waals surface area contributed by atoms with Gasteiger partial charge in [-0.15, -0.1) is 0 Å². The molecule has 40 heavy (non-hydrogen) atoms. The van der Waals surface area contributed by atoms with Crippen LogP contribution in [0, 0.1) is 13.8 Å². The van der Waals surface area contributed by atoms with Crippen LogP contribution in [-0.2, 0) is 4.79 Å². The summed E-state index contributed by atoms with van der Waals surface area (Å²) in [6, 6.07) is 21.5. The second kappa shape index (κ2) is 11.4. The predicted octanol–water partition coefficient (Wildman–Crippen LogP) is 6.03. The van der Waals surface area contributed by atoms with Crippen molar-refractivity contribution in [3.8, 4) is 17.2 Å². The standard InChI is InChI=1S/C31H33N5O3S/c1-6-28(37)33-25-15-12-22(18-27(25)39-5)36-30(29(34-31(36)40)26-9-7-8-16-32-26)24-17-19(2)35(20(24)3)21-10-13-23(38-4)14-11-21/h7-18,29-30H,6H2,1-5H3,(H,33,37)(H,34,40)/t29-,30+/m0/s1. The highest BCUT2D eigenvalue weighted by Gasteiger charge is 2.42. The number of rotatable bonds is 8. The molecular weight excluding hydrogens is 522 g/mol. The van der Waals surface area contributed by atoms with Gasteiger partial charge in [0.15, 0.2) is 5.11 Å². The van der Waals surface area contributed by atoms with Crippen LogP contribution in [0.3, 0.4) is 0 Å². The highest BCUT2D eigenvalue weighted by molar-refractivity contribution is 7.80. The molecule has 0 unspecified atom stereocenters. The summed E-state index contributed by atoms with van der Waals surface area (Å²) >= 11 is 5.94. The summed E-state index contributed by atoms with van der Waals surface area (Å²) < 4.78 is 13.3. The van der Waals surface area contributed by atoms with Crippen molar-refractivity contribution >= 4 is 34.6 Å². The van der Waals surface area contributed by atoms with E-state index in [1.165, 1.54) is 0 Å². The van der Waals surface area contributed by atoms with E-state index in [1.54, 1.807) is 20.4 Å². The average molecular weight is 556 g/mol. The molecule has 1 amide bonds. The van der Waals surface area contributed by atoms with Gasteiger partial charge in [0.05, 0.1) is 37.7 Å². The van der Waals surface area contributed by atoms with E-state index < -0.39 is 0 Å². The number of carbonyl (C=O) groups is 1. The van der Waals surface area contributed by atoms with E-state index in [4.69, 9.17) is 21.7 Å². The molecule has 3 heterocycles. The normalized spacial score (nSPS) is 16.5. The molecular formula is C31H33N5O3S. The van der Waals surface area contributed by atoms with Crippen molar-refractivity contribution in [2.24, 2.45) is 0 Å². The minimum absolute atomic E-state index is 0.0801. The fourth-order valence-electron chi connectivity index (χ4n) is 5.34. The Morgan fingerprint density at radius 1 is 1.02 bits per heavy atom. The number of hydrogen-bond acceptors (Lipinski definition) is 5. The first-order chi connectivity index (χ1) is 19.4. The maximum absolute atomic E-state index is 12.1. The molecule has 0 aliphatic carbocycles. The van der Waals surface area contributed by atoms with Gasteiger partial charge in [0.1, 0.15) is 11.5 Å². The number of hydrogen-bond donors (Lipinski definition) is 2. The van der Waals surface area contributed by atoms with Gasteiger partial charge < -0.3 is 29.6 Å². The van der Waals surface area contributed by atoms with Crippen LogP contribution in [0.1, 0.15) is 48.1 Å². The number of methoxy groups -OCH3 is 2. The largest absolute Gasteiger partial charge is 0.497 e. The summed E-state index contributed by atoms with van der Waals surface area (Å²) in [4.78, 5) is 18.9. The lowest BCUT2D eigenvalue weighted by molar-refractivity contribution is -0.115. The van der Waals surface area contributed by atoms with Gasteiger partial charge in [-0.1, -0.05) is 13.0 Å². The second-order valence-electron chi connectivity index (χ2n) is 9.64. The van der Waals surface area contributed by atoms with E-state index in [9.17, 15) is 4.79 Å². The third kappa shape index (κ3) is 5.00. The molecule has 0 radical (unpaired) electrons. The van der Waals surface area contributed by atoms with E-state index in [2.05, 4.69) is 57.1 Å². The molecule has 8 nitrogen and oxygen atoms in total. The molecule has 1 aliphatic rings. The van der Waals surface area contributed by atoms with Crippen molar-refractivity contribution in [2.75, 3.05) is 24.4 Å². The number of anilines is 2.